The van der Waals surface area contributed by atoms with Gasteiger partial charge in [-0.15, -0.1) is 12.4 Å². The van der Waals surface area contributed by atoms with Crippen LogP contribution in [0.4, 0.5) is 0 Å². The van der Waals surface area contributed by atoms with Crippen molar-refractivity contribution in [2.75, 3.05) is 19.7 Å². The third-order valence-electron chi connectivity index (χ3n) is 2.44. The fourth-order valence-electron chi connectivity index (χ4n) is 1.39. The second-order valence-corrected chi connectivity index (χ2v) is 3.78. The summed E-state index contributed by atoms with van der Waals surface area (Å²) in [5.41, 5.74) is 0. The predicted octanol–water partition coefficient (Wildman–Crippen LogP) is 0.701. The fourth-order valence-corrected chi connectivity index (χ4v) is 1.39. The summed E-state index contributed by atoms with van der Waals surface area (Å²) in [4.78, 5) is 11.5. The number of amides is 1. The van der Waals surface area contributed by atoms with Crippen LogP contribution >= 0.6 is 12.4 Å². The van der Waals surface area contributed by atoms with E-state index >= 15 is 0 Å². The topological polar surface area (TPSA) is 50.4 Å². The van der Waals surface area contributed by atoms with Gasteiger partial charge < -0.3 is 15.4 Å². The van der Waals surface area contributed by atoms with Gasteiger partial charge in [-0.05, 0) is 13.3 Å². The third kappa shape index (κ3) is 5.97. The summed E-state index contributed by atoms with van der Waals surface area (Å²) < 4.78 is 5.44. The molecule has 0 aromatic heterocycles. The number of carbonyl (C=O) groups is 1. The molecule has 1 aliphatic heterocycles. The van der Waals surface area contributed by atoms with Gasteiger partial charge in [0.05, 0.1) is 19.1 Å². The van der Waals surface area contributed by atoms with E-state index in [0.717, 1.165) is 19.5 Å². The zero-order chi connectivity index (χ0) is 10.4. The number of halogens is 1. The van der Waals surface area contributed by atoms with Crippen molar-refractivity contribution in [1.82, 2.24) is 10.6 Å². The van der Waals surface area contributed by atoms with Gasteiger partial charge >= 0.3 is 0 Å². The minimum atomic E-state index is 0. The van der Waals surface area contributed by atoms with Gasteiger partial charge in [-0.2, -0.15) is 0 Å². The summed E-state index contributed by atoms with van der Waals surface area (Å²) in [5, 5.41) is 6.13. The van der Waals surface area contributed by atoms with Gasteiger partial charge in [0.15, 0.2) is 0 Å². The highest BCUT2D eigenvalue weighted by atomic mass is 35.5. The molecule has 5 heteroatoms. The molecule has 2 atom stereocenters. The molecule has 0 radical (unpaired) electrons. The molecule has 0 aliphatic carbocycles. The Hall–Kier alpha value is -0.320. The summed E-state index contributed by atoms with van der Waals surface area (Å²) in [5.74, 6) is 0.0908. The highest BCUT2D eigenvalue weighted by Gasteiger charge is 2.17. The molecule has 0 spiro atoms. The summed E-state index contributed by atoms with van der Waals surface area (Å²) in [6, 6.07) is 0.263. The van der Waals surface area contributed by atoms with Gasteiger partial charge in [0, 0.05) is 19.1 Å². The van der Waals surface area contributed by atoms with E-state index in [0.29, 0.717) is 13.0 Å². The normalized spacial score (nSPS) is 22.7. The van der Waals surface area contributed by atoms with Crippen LogP contribution in [0.5, 0.6) is 0 Å². The van der Waals surface area contributed by atoms with Crippen molar-refractivity contribution in [3.8, 4) is 0 Å². The van der Waals surface area contributed by atoms with Crippen molar-refractivity contribution in [2.45, 2.75) is 38.8 Å². The number of hydrogen-bond acceptors (Lipinski definition) is 3. The number of hydrogen-bond donors (Lipinski definition) is 2. The van der Waals surface area contributed by atoms with E-state index in [1.165, 1.54) is 0 Å². The predicted molar refractivity (Wildman–Crippen MR) is 62.4 cm³/mol. The summed E-state index contributed by atoms with van der Waals surface area (Å²) in [6.07, 6.45) is 1.49. The zero-order valence-corrected chi connectivity index (χ0v) is 10.2. The molecule has 4 nitrogen and oxygen atoms in total. The van der Waals surface area contributed by atoms with E-state index in [-0.39, 0.29) is 30.5 Å². The van der Waals surface area contributed by atoms with Crippen LogP contribution < -0.4 is 10.6 Å². The summed E-state index contributed by atoms with van der Waals surface area (Å²) in [7, 11) is 0. The third-order valence-corrected chi connectivity index (χ3v) is 2.44. The van der Waals surface area contributed by atoms with Crippen LogP contribution in [0.3, 0.4) is 0 Å². The lowest BCUT2D eigenvalue weighted by atomic mass is 10.2. The average molecular weight is 237 g/mol. The van der Waals surface area contributed by atoms with Gasteiger partial charge in [-0.3, -0.25) is 4.79 Å². The first-order chi connectivity index (χ1) is 6.72. The van der Waals surface area contributed by atoms with Crippen LogP contribution in [0.2, 0.25) is 0 Å². The molecule has 0 aromatic rings. The zero-order valence-electron chi connectivity index (χ0n) is 9.41. The highest BCUT2D eigenvalue weighted by Crippen LogP contribution is 2.01. The first kappa shape index (κ1) is 14.7. The van der Waals surface area contributed by atoms with E-state index in [2.05, 4.69) is 17.6 Å². The molecule has 1 saturated heterocycles. The maximum absolute atomic E-state index is 11.5. The Bertz CT molecular complexity index is 184. The van der Waals surface area contributed by atoms with Crippen LogP contribution in [0, 0.1) is 0 Å². The Morgan fingerprint density at radius 1 is 1.67 bits per heavy atom. The van der Waals surface area contributed by atoms with Gasteiger partial charge in [-0.25, -0.2) is 0 Å². The molecule has 15 heavy (non-hydrogen) atoms. The smallest absolute Gasteiger partial charge is 0.222 e. The SMILES string of the molecule is CCC(C)NC(=O)CC1CNCCO1.Cl. The van der Waals surface area contributed by atoms with Crippen molar-refractivity contribution in [3.63, 3.8) is 0 Å². The molecular formula is C10H21ClN2O2. The van der Waals surface area contributed by atoms with Gasteiger partial charge in [0.25, 0.3) is 0 Å². The van der Waals surface area contributed by atoms with Crippen molar-refractivity contribution in [1.29, 1.82) is 0 Å². The van der Waals surface area contributed by atoms with Crippen molar-refractivity contribution < 1.29 is 9.53 Å². The van der Waals surface area contributed by atoms with Crippen LogP contribution in [0.25, 0.3) is 0 Å². The summed E-state index contributed by atoms with van der Waals surface area (Å²) >= 11 is 0. The maximum Gasteiger partial charge on any atom is 0.222 e. The van der Waals surface area contributed by atoms with Gasteiger partial charge in [0.1, 0.15) is 0 Å². The summed E-state index contributed by atoms with van der Waals surface area (Å²) in [6.45, 7) is 6.46. The molecule has 1 fully saturated rings. The second-order valence-electron chi connectivity index (χ2n) is 3.78. The molecule has 90 valence electrons. The van der Waals surface area contributed by atoms with Crippen LogP contribution in [-0.2, 0) is 9.53 Å². The Morgan fingerprint density at radius 2 is 2.40 bits per heavy atom. The lowest BCUT2D eigenvalue weighted by molar-refractivity contribution is -0.125. The molecule has 0 saturated carbocycles. The molecule has 0 bridgehead atoms. The number of rotatable bonds is 4. The lowest BCUT2D eigenvalue weighted by Crippen LogP contribution is -2.42. The Labute approximate surface area is 97.5 Å². The van der Waals surface area contributed by atoms with E-state index in [1.54, 1.807) is 0 Å². The molecule has 1 heterocycles. The second kappa shape index (κ2) is 7.91. The van der Waals surface area contributed by atoms with Crippen molar-refractivity contribution in [2.24, 2.45) is 0 Å². The van der Waals surface area contributed by atoms with E-state index < -0.39 is 0 Å². The molecule has 2 N–H and O–H groups in total. The Kier molecular flexibility index (Phi) is 7.74. The molecule has 1 rings (SSSR count). The molecule has 1 aliphatic rings. The minimum absolute atomic E-state index is 0. The molecular weight excluding hydrogens is 216 g/mol. The highest BCUT2D eigenvalue weighted by molar-refractivity contribution is 5.85. The standard InChI is InChI=1S/C10H20N2O2.ClH/c1-3-8(2)12-10(13)6-9-7-11-4-5-14-9;/h8-9,11H,3-7H2,1-2H3,(H,12,13);1H. The van der Waals surface area contributed by atoms with E-state index in [1.807, 2.05) is 6.92 Å². The monoisotopic (exact) mass is 236 g/mol. The fraction of sp³-hybridized carbons (Fsp3) is 0.900. The number of ether oxygens (including phenoxy) is 1. The van der Waals surface area contributed by atoms with Crippen molar-refractivity contribution >= 4 is 18.3 Å². The minimum Gasteiger partial charge on any atom is -0.375 e. The molecule has 1 amide bonds. The average Bonchev–Trinajstić information content (AvgIpc) is 2.19. The Balaban J connectivity index is 0.00000196. The lowest BCUT2D eigenvalue weighted by Gasteiger charge is -2.23. The van der Waals surface area contributed by atoms with Crippen molar-refractivity contribution in [3.05, 3.63) is 0 Å². The first-order valence-electron chi connectivity index (χ1n) is 5.34. The van der Waals surface area contributed by atoms with E-state index in [9.17, 15) is 4.79 Å². The van der Waals surface area contributed by atoms with Gasteiger partial charge in [-0.1, -0.05) is 6.92 Å². The Morgan fingerprint density at radius 3 is 2.93 bits per heavy atom. The number of nitrogens with one attached hydrogen (secondary N) is 2. The van der Waals surface area contributed by atoms with Gasteiger partial charge in [0.2, 0.25) is 5.91 Å². The molecule has 2 unspecified atom stereocenters. The van der Waals surface area contributed by atoms with Crippen LogP contribution in [0.1, 0.15) is 26.7 Å². The first-order valence-corrected chi connectivity index (χ1v) is 5.34. The largest absolute Gasteiger partial charge is 0.375 e. The van der Waals surface area contributed by atoms with Crippen LogP contribution in [0.15, 0.2) is 0 Å². The number of morpholine rings is 1. The number of carbonyl (C=O) groups excluding carboxylic acids is 1. The maximum atomic E-state index is 11.5. The molecule has 0 aromatic carbocycles. The van der Waals surface area contributed by atoms with Crippen LogP contribution in [-0.4, -0.2) is 37.7 Å². The van der Waals surface area contributed by atoms with E-state index in [4.69, 9.17) is 4.74 Å². The quantitative estimate of drug-likeness (QED) is 0.756.